The molecule has 3 aliphatic heterocycles. The molecular weight excluding hydrogens is 308 g/mol. The topological polar surface area (TPSA) is 71.8 Å². The van der Waals surface area contributed by atoms with Crippen LogP contribution in [0.1, 0.15) is 11.1 Å². The lowest BCUT2D eigenvalue weighted by Gasteiger charge is -2.21. The Labute approximate surface area is 137 Å². The zero-order chi connectivity index (χ0) is 16.3. The molecule has 0 bridgehead atoms. The van der Waals surface area contributed by atoms with Crippen LogP contribution in [0.5, 0.6) is 17.2 Å². The average molecular weight is 320 g/mol. The molecule has 1 atom stereocenters. The van der Waals surface area contributed by atoms with Gasteiger partial charge in [0.1, 0.15) is 24.3 Å². The summed E-state index contributed by atoms with van der Waals surface area (Å²) in [4.78, 5) is 14.8. The van der Waals surface area contributed by atoms with Crippen molar-refractivity contribution < 1.29 is 19.0 Å². The minimum absolute atomic E-state index is 0.0114. The van der Waals surface area contributed by atoms with Gasteiger partial charge in [0.05, 0.1) is 6.07 Å². The minimum atomic E-state index is -0.927. The third-order valence-electron chi connectivity index (χ3n) is 4.87. The fourth-order valence-electron chi connectivity index (χ4n) is 3.79. The fraction of sp³-hybridized carbons (Fsp3) is 0.222. The number of carbonyl (C=O) groups excluding carboxylic acids is 1. The average Bonchev–Trinajstić information content (AvgIpc) is 3.27. The Kier molecular flexibility index (Phi) is 2.44. The number of nitriles is 1. The zero-order valence-electron chi connectivity index (χ0n) is 12.6. The maximum atomic E-state index is 13.3. The molecule has 2 aromatic rings. The predicted molar refractivity (Wildman–Crippen MR) is 83.2 cm³/mol. The Hall–Kier alpha value is -3.20. The van der Waals surface area contributed by atoms with Gasteiger partial charge in [-0.25, -0.2) is 0 Å². The second kappa shape index (κ2) is 4.42. The van der Waals surface area contributed by atoms with Crippen molar-refractivity contribution in [1.82, 2.24) is 0 Å². The normalized spacial score (nSPS) is 22.3. The van der Waals surface area contributed by atoms with Crippen molar-refractivity contribution >= 4 is 11.6 Å². The van der Waals surface area contributed by atoms with Crippen LogP contribution < -0.4 is 19.1 Å². The van der Waals surface area contributed by atoms with E-state index in [0.717, 1.165) is 16.8 Å². The molecule has 0 aromatic heterocycles. The summed E-state index contributed by atoms with van der Waals surface area (Å²) in [5.41, 5.74) is 1.47. The van der Waals surface area contributed by atoms with Crippen molar-refractivity contribution in [1.29, 1.82) is 5.26 Å². The van der Waals surface area contributed by atoms with Crippen LogP contribution in [-0.4, -0.2) is 25.9 Å². The van der Waals surface area contributed by atoms with Gasteiger partial charge >= 0.3 is 0 Å². The van der Waals surface area contributed by atoms with Crippen LogP contribution in [-0.2, 0) is 10.2 Å². The van der Waals surface area contributed by atoms with Crippen LogP contribution in [0.3, 0.4) is 0 Å². The fourth-order valence-corrected chi connectivity index (χ4v) is 3.79. The number of fused-ring (bicyclic) bond motifs is 5. The largest absolute Gasteiger partial charge is 0.491 e. The van der Waals surface area contributed by atoms with Crippen molar-refractivity contribution in [3.8, 4) is 23.3 Å². The van der Waals surface area contributed by atoms with Gasteiger partial charge in [-0.1, -0.05) is 18.2 Å². The van der Waals surface area contributed by atoms with Gasteiger partial charge in [0.25, 0.3) is 0 Å². The van der Waals surface area contributed by atoms with E-state index in [1.807, 2.05) is 30.3 Å². The van der Waals surface area contributed by atoms with E-state index < -0.39 is 5.41 Å². The first-order chi connectivity index (χ1) is 11.8. The highest BCUT2D eigenvalue weighted by molar-refractivity contribution is 6.11. The Bertz CT molecular complexity index is 933. The number of benzene rings is 2. The van der Waals surface area contributed by atoms with Crippen LogP contribution in [0.15, 0.2) is 36.4 Å². The van der Waals surface area contributed by atoms with Crippen molar-refractivity contribution in [3.05, 3.63) is 47.5 Å². The van der Waals surface area contributed by atoms with Gasteiger partial charge in [-0.15, -0.1) is 0 Å². The lowest BCUT2D eigenvalue weighted by atomic mass is 9.77. The number of nitrogens with zero attached hydrogens (tertiary/aromatic N) is 2. The van der Waals surface area contributed by atoms with Crippen LogP contribution >= 0.6 is 0 Å². The first-order valence-corrected chi connectivity index (χ1v) is 7.61. The quantitative estimate of drug-likeness (QED) is 0.751. The molecule has 0 N–H and O–H groups in total. The number of rotatable bonds is 1. The molecule has 24 heavy (non-hydrogen) atoms. The number of ether oxygens (including phenoxy) is 3. The minimum Gasteiger partial charge on any atom is -0.491 e. The molecule has 1 unspecified atom stereocenters. The number of para-hydroxylation sites is 1. The van der Waals surface area contributed by atoms with Gasteiger partial charge < -0.3 is 14.2 Å². The molecule has 3 heterocycles. The number of amides is 1. The zero-order valence-corrected chi connectivity index (χ0v) is 12.6. The van der Waals surface area contributed by atoms with Crippen LogP contribution in [0.4, 0.5) is 5.69 Å². The molecule has 5 rings (SSSR count). The maximum Gasteiger partial charge on any atom is 0.246 e. The number of hydrogen-bond acceptors (Lipinski definition) is 5. The standard InChI is InChI=1S/C18H12N2O4/c19-5-6-20-13-4-2-1-3-11(13)18(17(20)21)9-22-14-8-16-15(7-12(14)18)23-10-24-16/h1-4,7-8H,6,9-10H2. The summed E-state index contributed by atoms with van der Waals surface area (Å²) in [6, 6.07) is 13.2. The predicted octanol–water partition coefficient (Wildman–Crippen LogP) is 1.96. The molecule has 0 saturated heterocycles. The number of anilines is 1. The van der Waals surface area contributed by atoms with Crippen LogP contribution in [0.2, 0.25) is 0 Å². The monoisotopic (exact) mass is 320 g/mol. The molecule has 0 saturated carbocycles. The molecule has 2 aromatic carbocycles. The lowest BCUT2D eigenvalue weighted by Crippen LogP contribution is -2.42. The highest BCUT2D eigenvalue weighted by Gasteiger charge is 2.57. The highest BCUT2D eigenvalue weighted by atomic mass is 16.7. The van der Waals surface area contributed by atoms with Crippen LogP contribution in [0.25, 0.3) is 0 Å². The smallest absolute Gasteiger partial charge is 0.246 e. The van der Waals surface area contributed by atoms with E-state index in [1.165, 1.54) is 4.90 Å². The highest BCUT2D eigenvalue weighted by Crippen LogP contribution is 2.54. The van der Waals surface area contributed by atoms with Crippen molar-refractivity contribution in [2.24, 2.45) is 0 Å². The van der Waals surface area contributed by atoms with Gasteiger partial charge in [0, 0.05) is 17.3 Å². The third kappa shape index (κ3) is 1.42. The summed E-state index contributed by atoms with van der Waals surface area (Å²) in [7, 11) is 0. The van der Waals surface area contributed by atoms with E-state index in [9.17, 15) is 4.79 Å². The molecule has 118 valence electrons. The summed E-state index contributed by atoms with van der Waals surface area (Å²) in [6.07, 6.45) is 0. The van der Waals surface area contributed by atoms with Gasteiger partial charge in [-0.3, -0.25) is 9.69 Å². The Balaban J connectivity index is 1.76. The SMILES string of the molecule is N#CCN1C(=O)C2(COc3cc4c(cc32)OCO4)c2ccccc21. The number of hydrogen-bond donors (Lipinski definition) is 0. The molecule has 1 spiro atoms. The Morgan fingerprint density at radius 1 is 1.08 bits per heavy atom. The van der Waals surface area contributed by atoms with Crippen LogP contribution in [0, 0.1) is 11.3 Å². The molecule has 6 heteroatoms. The van der Waals surface area contributed by atoms with E-state index in [-0.39, 0.29) is 25.9 Å². The van der Waals surface area contributed by atoms with E-state index in [1.54, 1.807) is 6.07 Å². The summed E-state index contributed by atoms with van der Waals surface area (Å²) < 4.78 is 16.7. The lowest BCUT2D eigenvalue weighted by molar-refractivity contribution is -0.122. The van der Waals surface area contributed by atoms with E-state index >= 15 is 0 Å². The van der Waals surface area contributed by atoms with Gasteiger partial charge in [-0.05, 0) is 17.7 Å². The molecule has 0 radical (unpaired) electrons. The second-order valence-corrected chi connectivity index (χ2v) is 5.96. The summed E-state index contributed by atoms with van der Waals surface area (Å²) >= 11 is 0. The van der Waals surface area contributed by atoms with Gasteiger partial charge in [-0.2, -0.15) is 5.26 Å². The molecule has 3 aliphatic rings. The molecule has 0 fully saturated rings. The third-order valence-corrected chi connectivity index (χ3v) is 4.87. The summed E-state index contributed by atoms with van der Waals surface area (Å²) in [6.45, 7) is 0.386. The van der Waals surface area contributed by atoms with Gasteiger partial charge in [0.2, 0.25) is 12.7 Å². The van der Waals surface area contributed by atoms with E-state index in [0.29, 0.717) is 17.2 Å². The van der Waals surface area contributed by atoms with E-state index in [4.69, 9.17) is 19.5 Å². The molecular formula is C18H12N2O4. The molecule has 0 aliphatic carbocycles. The Morgan fingerprint density at radius 3 is 2.71 bits per heavy atom. The van der Waals surface area contributed by atoms with E-state index in [2.05, 4.69) is 6.07 Å². The first-order valence-electron chi connectivity index (χ1n) is 7.61. The van der Waals surface area contributed by atoms with Crippen molar-refractivity contribution in [2.45, 2.75) is 5.41 Å². The van der Waals surface area contributed by atoms with Crippen molar-refractivity contribution in [3.63, 3.8) is 0 Å². The summed E-state index contributed by atoms with van der Waals surface area (Å²) in [5, 5.41) is 9.11. The molecule has 1 amide bonds. The second-order valence-electron chi connectivity index (χ2n) is 5.96. The Morgan fingerprint density at radius 2 is 1.88 bits per heavy atom. The molecule has 6 nitrogen and oxygen atoms in total. The van der Waals surface area contributed by atoms with Crippen molar-refractivity contribution in [2.75, 3.05) is 24.8 Å². The van der Waals surface area contributed by atoms with Gasteiger partial charge in [0.15, 0.2) is 11.5 Å². The summed E-state index contributed by atoms with van der Waals surface area (Å²) in [5.74, 6) is 1.73. The maximum absolute atomic E-state index is 13.3. The first kappa shape index (κ1) is 13.3. The number of carbonyl (C=O) groups is 1.